The van der Waals surface area contributed by atoms with Gasteiger partial charge in [0.25, 0.3) is 5.69 Å². The lowest BCUT2D eigenvalue weighted by Gasteiger charge is -2.04. The highest BCUT2D eigenvalue weighted by Gasteiger charge is 2.05. The maximum absolute atomic E-state index is 10.5. The van der Waals surface area contributed by atoms with Crippen LogP contribution in [0.4, 0.5) is 5.69 Å². The Hall–Kier alpha value is -2.11. The van der Waals surface area contributed by atoms with E-state index in [9.17, 15) is 14.9 Å². The summed E-state index contributed by atoms with van der Waals surface area (Å²) in [5.41, 5.74) is 4.98. The number of ether oxygens (including phenoxy) is 1. The van der Waals surface area contributed by atoms with Crippen molar-refractivity contribution in [2.45, 2.75) is 19.3 Å². The fourth-order valence-electron chi connectivity index (χ4n) is 1.28. The minimum Gasteiger partial charge on any atom is -0.493 e. The standard InChI is InChI=1S/C11H14N2O4/c12-11(14)6-1-2-7-17-10-5-3-4-9(8-10)13(15)16/h3-5,8H,1-2,6-7H2,(H2,12,14). The van der Waals surface area contributed by atoms with E-state index in [-0.39, 0.29) is 11.6 Å². The molecule has 17 heavy (non-hydrogen) atoms. The van der Waals surface area contributed by atoms with Gasteiger partial charge in [0.05, 0.1) is 17.6 Å². The van der Waals surface area contributed by atoms with Crippen molar-refractivity contribution in [2.75, 3.05) is 6.61 Å². The van der Waals surface area contributed by atoms with Crippen LogP contribution in [-0.2, 0) is 4.79 Å². The quantitative estimate of drug-likeness (QED) is 0.443. The summed E-state index contributed by atoms with van der Waals surface area (Å²) in [5.74, 6) is 0.124. The van der Waals surface area contributed by atoms with E-state index in [0.717, 1.165) is 0 Å². The molecule has 1 aromatic carbocycles. The lowest BCUT2D eigenvalue weighted by Crippen LogP contribution is -2.10. The summed E-state index contributed by atoms with van der Waals surface area (Å²) < 4.78 is 5.32. The predicted molar refractivity (Wildman–Crippen MR) is 61.6 cm³/mol. The molecule has 0 bridgehead atoms. The number of nitrogens with two attached hydrogens (primary N) is 1. The molecule has 0 aliphatic rings. The van der Waals surface area contributed by atoms with Crippen molar-refractivity contribution in [3.8, 4) is 5.75 Å². The first-order valence-electron chi connectivity index (χ1n) is 5.25. The van der Waals surface area contributed by atoms with Crippen LogP contribution in [0.2, 0.25) is 0 Å². The lowest BCUT2D eigenvalue weighted by molar-refractivity contribution is -0.384. The first kappa shape index (κ1) is 13.0. The van der Waals surface area contributed by atoms with Crippen molar-refractivity contribution in [3.05, 3.63) is 34.4 Å². The SMILES string of the molecule is NC(=O)CCCCOc1cccc([N+](=O)[O-])c1. The van der Waals surface area contributed by atoms with Crippen molar-refractivity contribution in [2.24, 2.45) is 5.73 Å². The van der Waals surface area contributed by atoms with E-state index in [1.54, 1.807) is 12.1 Å². The molecule has 0 atom stereocenters. The van der Waals surface area contributed by atoms with E-state index >= 15 is 0 Å². The molecule has 0 aliphatic carbocycles. The molecule has 1 rings (SSSR count). The Labute approximate surface area is 98.5 Å². The Morgan fingerprint density at radius 1 is 1.41 bits per heavy atom. The summed E-state index contributed by atoms with van der Waals surface area (Å²) >= 11 is 0. The number of non-ortho nitro benzene ring substituents is 1. The largest absolute Gasteiger partial charge is 0.493 e. The number of carbonyl (C=O) groups excluding carboxylic acids is 1. The average Bonchev–Trinajstić information content (AvgIpc) is 2.28. The highest BCUT2D eigenvalue weighted by Crippen LogP contribution is 2.19. The minimum absolute atomic E-state index is 0.000337. The van der Waals surface area contributed by atoms with Gasteiger partial charge in [-0.05, 0) is 18.9 Å². The molecule has 1 amide bonds. The third-order valence-corrected chi connectivity index (χ3v) is 2.11. The number of nitro benzene ring substituents is 1. The second-order valence-electron chi connectivity index (χ2n) is 3.53. The molecule has 1 aromatic rings. The van der Waals surface area contributed by atoms with E-state index in [4.69, 9.17) is 10.5 Å². The van der Waals surface area contributed by atoms with Gasteiger partial charge in [-0.3, -0.25) is 14.9 Å². The predicted octanol–water partition coefficient (Wildman–Crippen LogP) is 1.63. The second kappa shape index (κ2) is 6.47. The molecule has 2 N–H and O–H groups in total. The van der Waals surface area contributed by atoms with Crippen molar-refractivity contribution in [1.82, 2.24) is 0 Å². The van der Waals surface area contributed by atoms with E-state index in [1.807, 2.05) is 0 Å². The van der Waals surface area contributed by atoms with Crippen LogP contribution in [0.5, 0.6) is 5.75 Å². The molecule has 0 radical (unpaired) electrons. The molecule has 6 heteroatoms. The van der Waals surface area contributed by atoms with Crippen LogP contribution in [0, 0.1) is 10.1 Å². The number of rotatable bonds is 7. The van der Waals surface area contributed by atoms with Crippen LogP contribution in [0.3, 0.4) is 0 Å². The van der Waals surface area contributed by atoms with E-state index in [2.05, 4.69) is 0 Å². The van der Waals surface area contributed by atoms with Gasteiger partial charge in [0.1, 0.15) is 5.75 Å². The van der Waals surface area contributed by atoms with E-state index in [0.29, 0.717) is 31.6 Å². The first-order chi connectivity index (χ1) is 8.09. The number of carbonyl (C=O) groups is 1. The number of benzene rings is 1. The third-order valence-electron chi connectivity index (χ3n) is 2.11. The molecule has 0 saturated heterocycles. The summed E-state index contributed by atoms with van der Waals surface area (Å²) in [4.78, 5) is 20.5. The van der Waals surface area contributed by atoms with Crippen molar-refractivity contribution < 1.29 is 14.5 Å². The van der Waals surface area contributed by atoms with Gasteiger partial charge in [-0.1, -0.05) is 6.07 Å². The molecule has 0 aliphatic heterocycles. The Morgan fingerprint density at radius 3 is 2.82 bits per heavy atom. The zero-order valence-corrected chi connectivity index (χ0v) is 9.30. The number of primary amides is 1. The minimum atomic E-state index is -0.472. The zero-order chi connectivity index (χ0) is 12.7. The normalized spacial score (nSPS) is 9.88. The fourth-order valence-corrected chi connectivity index (χ4v) is 1.28. The van der Waals surface area contributed by atoms with Gasteiger partial charge in [-0.2, -0.15) is 0 Å². The molecule has 6 nitrogen and oxygen atoms in total. The Balaban J connectivity index is 2.34. The molecule has 0 saturated carbocycles. The summed E-state index contributed by atoms with van der Waals surface area (Å²) in [5, 5.41) is 10.5. The Bertz CT molecular complexity index is 406. The maximum Gasteiger partial charge on any atom is 0.273 e. The first-order valence-corrected chi connectivity index (χ1v) is 5.25. The van der Waals surface area contributed by atoms with Crippen LogP contribution in [0.15, 0.2) is 24.3 Å². The van der Waals surface area contributed by atoms with Crippen LogP contribution < -0.4 is 10.5 Å². The molecule has 0 spiro atoms. The van der Waals surface area contributed by atoms with Crippen LogP contribution in [0.25, 0.3) is 0 Å². The monoisotopic (exact) mass is 238 g/mol. The molecular weight excluding hydrogens is 224 g/mol. The van der Waals surface area contributed by atoms with Crippen LogP contribution >= 0.6 is 0 Å². The van der Waals surface area contributed by atoms with Crippen LogP contribution in [0.1, 0.15) is 19.3 Å². The van der Waals surface area contributed by atoms with Gasteiger partial charge in [-0.25, -0.2) is 0 Å². The van der Waals surface area contributed by atoms with Gasteiger partial charge in [0.15, 0.2) is 0 Å². The van der Waals surface area contributed by atoms with Crippen molar-refractivity contribution in [3.63, 3.8) is 0 Å². The van der Waals surface area contributed by atoms with Crippen molar-refractivity contribution in [1.29, 1.82) is 0 Å². The Kier molecular flexibility index (Phi) is 4.93. The molecule has 0 unspecified atom stereocenters. The van der Waals surface area contributed by atoms with Crippen molar-refractivity contribution >= 4 is 11.6 Å². The van der Waals surface area contributed by atoms with E-state index < -0.39 is 4.92 Å². The smallest absolute Gasteiger partial charge is 0.273 e. The van der Waals surface area contributed by atoms with Crippen LogP contribution in [-0.4, -0.2) is 17.4 Å². The second-order valence-corrected chi connectivity index (χ2v) is 3.53. The maximum atomic E-state index is 10.5. The number of hydrogen-bond donors (Lipinski definition) is 1. The highest BCUT2D eigenvalue weighted by atomic mass is 16.6. The number of amides is 1. The zero-order valence-electron chi connectivity index (χ0n) is 9.30. The molecule has 0 heterocycles. The summed E-state index contributed by atoms with van der Waals surface area (Å²) in [6.07, 6.45) is 1.67. The number of nitrogens with zero attached hydrogens (tertiary/aromatic N) is 1. The fraction of sp³-hybridized carbons (Fsp3) is 0.364. The van der Waals surface area contributed by atoms with Gasteiger partial charge in [0.2, 0.25) is 5.91 Å². The highest BCUT2D eigenvalue weighted by molar-refractivity contribution is 5.73. The average molecular weight is 238 g/mol. The van der Waals surface area contributed by atoms with Gasteiger partial charge in [0, 0.05) is 12.5 Å². The van der Waals surface area contributed by atoms with Gasteiger partial charge < -0.3 is 10.5 Å². The summed E-state index contributed by atoms with van der Waals surface area (Å²) in [6, 6.07) is 5.99. The van der Waals surface area contributed by atoms with Gasteiger partial charge >= 0.3 is 0 Å². The molecule has 0 aromatic heterocycles. The van der Waals surface area contributed by atoms with Gasteiger partial charge in [-0.15, -0.1) is 0 Å². The number of nitro groups is 1. The molecule has 92 valence electrons. The summed E-state index contributed by atoms with van der Waals surface area (Å²) in [6.45, 7) is 0.411. The lowest BCUT2D eigenvalue weighted by atomic mass is 10.2. The number of unbranched alkanes of at least 4 members (excludes halogenated alkanes) is 1. The Morgan fingerprint density at radius 2 is 2.18 bits per heavy atom. The third kappa shape index (κ3) is 4.96. The summed E-state index contributed by atoms with van der Waals surface area (Å²) in [7, 11) is 0. The number of hydrogen-bond acceptors (Lipinski definition) is 4. The molecular formula is C11H14N2O4. The topological polar surface area (TPSA) is 95.5 Å². The molecule has 0 fully saturated rings. The van der Waals surface area contributed by atoms with E-state index in [1.165, 1.54) is 12.1 Å².